The van der Waals surface area contributed by atoms with Gasteiger partial charge >= 0.3 is 0 Å². The summed E-state index contributed by atoms with van der Waals surface area (Å²) < 4.78 is 5.12. The standard InChI is InChI=1S/C9H8N2O2/c1-2-5-13-9-3-4-10-8(6-9)7-11-12/h1,3-4,6-7,12H,5H2. The van der Waals surface area contributed by atoms with Crippen molar-refractivity contribution in [1.29, 1.82) is 0 Å². The Morgan fingerprint density at radius 1 is 1.77 bits per heavy atom. The first kappa shape index (κ1) is 9.07. The molecule has 0 saturated carbocycles. The number of pyridine rings is 1. The zero-order valence-corrected chi connectivity index (χ0v) is 6.84. The van der Waals surface area contributed by atoms with Gasteiger partial charge in [0.15, 0.2) is 0 Å². The van der Waals surface area contributed by atoms with Gasteiger partial charge in [-0.05, 0) is 6.07 Å². The van der Waals surface area contributed by atoms with Crippen LogP contribution in [0.5, 0.6) is 5.75 Å². The highest BCUT2D eigenvalue weighted by molar-refractivity contribution is 5.76. The molecule has 0 fully saturated rings. The van der Waals surface area contributed by atoms with Crippen LogP contribution in [0.15, 0.2) is 23.5 Å². The van der Waals surface area contributed by atoms with Crippen molar-refractivity contribution in [3.05, 3.63) is 24.0 Å². The van der Waals surface area contributed by atoms with Gasteiger partial charge in [0.1, 0.15) is 12.4 Å². The van der Waals surface area contributed by atoms with Crippen LogP contribution in [0, 0.1) is 12.3 Å². The third-order valence-corrected chi connectivity index (χ3v) is 1.26. The van der Waals surface area contributed by atoms with Gasteiger partial charge in [-0.25, -0.2) is 0 Å². The molecule has 13 heavy (non-hydrogen) atoms. The van der Waals surface area contributed by atoms with Gasteiger partial charge < -0.3 is 9.94 Å². The number of aromatic nitrogens is 1. The average molecular weight is 176 g/mol. The highest BCUT2D eigenvalue weighted by Gasteiger charge is 1.94. The maximum Gasteiger partial charge on any atom is 0.148 e. The van der Waals surface area contributed by atoms with E-state index in [9.17, 15) is 0 Å². The van der Waals surface area contributed by atoms with Crippen molar-refractivity contribution in [2.75, 3.05) is 6.61 Å². The minimum atomic E-state index is 0.208. The van der Waals surface area contributed by atoms with Crippen LogP contribution < -0.4 is 4.74 Å². The predicted octanol–water partition coefficient (Wildman–Crippen LogP) is 0.902. The molecule has 1 aromatic rings. The van der Waals surface area contributed by atoms with Gasteiger partial charge in [0.05, 0.1) is 11.9 Å². The predicted molar refractivity (Wildman–Crippen MR) is 47.9 cm³/mol. The Bertz CT molecular complexity index is 342. The van der Waals surface area contributed by atoms with Gasteiger partial charge in [-0.3, -0.25) is 4.98 Å². The number of oxime groups is 1. The second kappa shape index (κ2) is 4.78. The zero-order chi connectivity index (χ0) is 9.52. The quantitative estimate of drug-likeness (QED) is 0.322. The van der Waals surface area contributed by atoms with Crippen LogP contribution in [0.2, 0.25) is 0 Å². The van der Waals surface area contributed by atoms with Gasteiger partial charge in [0.25, 0.3) is 0 Å². The molecule has 1 N–H and O–H groups in total. The van der Waals surface area contributed by atoms with Gasteiger partial charge in [-0.15, -0.1) is 6.42 Å². The molecule has 0 saturated heterocycles. The van der Waals surface area contributed by atoms with E-state index < -0.39 is 0 Å². The fraction of sp³-hybridized carbons (Fsp3) is 0.111. The SMILES string of the molecule is C#CCOc1ccnc(C=NO)c1. The molecule has 1 rings (SSSR count). The summed E-state index contributed by atoms with van der Waals surface area (Å²) in [4.78, 5) is 3.90. The summed E-state index contributed by atoms with van der Waals surface area (Å²) in [5.74, 6) is 2.94. The van der Waals surface area contributed by atoms with Crippen molar-refractivity contribution in [2.45, 2.75) is 0 Å². The molecule has 0 aliphatic carbocycles. The Morgan fingerprint density at radius 3 is 3.31 bits per heavy atom. The zero-order valence-electron chi connectivity index (χ0n) is 6.84. The Morgan fingerprint density at radius 2 is 2.62 bits per heavy atom. The second-order valence-corrected chi connectivity index (χ2v) is 2.15. The Labute approximate surface area is 75.9 Å². The largest absolute Gasteiger partial charge is 0.481 e. The van der Waals surface area contributed by atoms with Crippen LogP contribution >= 0.6 is 0 Å². The van der Waals surface area contributed by atoms with E-state index in [1.54, 1.807) is 18.3 Å². The van der Waals surface area contributed by atoms with E-state index >= 15 is 0 Å². The molecular weight excluding hydrogens is 168 g/mol. The van der Waals surface area contributed by atoms with E-state index in [-0.39, 0.29) is 6.61 Å². The average Bonchev–Trinajstić information content (AvgIpc) is 2.16. The van der Waals surface area contributed by atoms with Crippen LogP contribution in [-0.2, 0) is 0 Å². The molecule has 1 aromatic heterocycles. The van der Waals surface area contributed by atoms with E-state index in [1.807, 2.05) is 0 Å². The molecule has 0 amide bonds. The van der Waals surface area contributed by atoms with Gasteiger partial charge in [-0.2, -0.15) is 0 Å². The van der Waals surface area contributed by atoms with Crippen LogP contribution in [0.4, 0.5) is 0 Å². The van der Waals surface area contributed by atoms with Crippen molar-refractivity contribution < 1.29 is 9.94 Å². The van der Waals surface area contributed by atoms with Crippen LogP contribution in [0.25, 0.3) is 0 Å². The molecule has 0 aliphatic rings. The molecule has 4 nitrogen and oxygen atoms in total. The molecular formula is C9H8N2O2. The number of hydrogen-bond donors (Lipinski definition) is 1. The van der Waals surface area contributed by atoms with Crippen molar-refractivity contribution in [3.8, 4) is 18.1 Å². The minimum absolute atomic E-state index is 0.208. The summed E-state index contributed by atoms with van der Waals surface area (Å²) in [5.41, 5.74) is 0.511. The fourth-order valence-electron chi connectivity index (χ4n) is 0.772. The number of nitrogens with zero attached hydrogens (tertiary/aromatic N) is 2. The number of ether oxygens (including phenoxy) is 1. The maximum atomic E-state index is 8.24. The highest BCUT2D eigenvalue weighted by Crippen LogP contribution is 2.09. The Balaban J connectivity index is 2.74. The first-order valence-corrected chi connectivity index (χ1v) is 3.56. The lowest BCUT2D eigenvalue weighted by Crippen LogP contribution is -1.95. The first-order valence-electron chi connectivity index (χ1n) is 3.56. The fourth-order valence-corrected chi connectivity index (χ4v) is 0.772. The highest BCUT2D eigenvalue weighted by atomic mass is 16.5. The van der Waals surface area contributed by atoms with Crippen LogP contribution in [0.1, 0.15) is 5.69 Å². The summed E-state index contributed by atoms with van der Waals surface area (Å²) in [6.07, 6.45) is 7.77. The lowest BCUT2D eigenvalue weighted by molar-refractivity contribution is 0.321. The monoisotopic (exact) mass is 176 g/mol. The molecule has 0 aliphatic heterocycles. The van der Waals surface area contributed by atoms with E-state index in [1.165, 1.54) is 6.21 Å². The molecule has 4 heteroatoms. The van der Waals surface area contributed by atoms with Crippen LogP contribution in [-0.4, -0.2) is 23.0 Å². The van der Waals surface area contributed by atoms with E-state index in [2.05, 4.69) is 16.1 Å². The topological polar surface area (TPSA) is 54.7 Å². The first-order chi connectivity index (χ1) is 6.36. The molecule has 1 heterocycles. The number of hydrogen-bond acceptors (Lipinski definition) is 4. The summed E-state index contributed by atoms with van der Waals surface area (Å²) >= 11 is 0. The molecule has 0 unspecified atom stereocenters. The number of terminal acetylenes is 1. The molecule has 0 bridgehead atoms. The third kappa shape index (κ3) is 2.83. The van der Waals surface area contributed by atoms with E-state index in [0.717, 1.165) is 0 Å². The van der Waals surface area contributed by atoms with Crippen molar-refractivity contribution >= 4 is 6.21 Å². The smallest absolute Gasteiger partial charge is 0.148 e. The van der Waals surface area contributed by atoms with Crippen molar-refractivity contribution in [3.63, 3.8) is 0 Å². The normalized spacial score (nSPS) is 9.77. The van der Waals surface area contributed by atoms with Crippen molar-refractivity contribution in [2.24, 2.45) is 5.16 Å². The third-order valence-electron chi connectivity index (χ3n) is 1.26. The molecule has 0 atom stereocenters. The maximum absolute atomic E-state index is 8.24. The molecule has 66 valence electrons. The lowest BCUT2D eigenvalue weighted by atomic mass is 10.3. The van der Waals surface area contributed by atoms with Crippen molar-refractivity contribution in [1.82, 2.24) is 4.98 Å². The van der Waals surface area contributed by atoms with Crippen LogP contribution in [0.3, 0.4) is 0 Å². The Hall–Kier alpha value is -2.02. The number of rotatable bonds is 3. The van der Waals surface area contributed by atoms with E-state index in [0.29, 0.717) is 11.4 Å². The summed E-state index contributed by atoms with van der Waals surface area (Å²) in [5, 5.41) is 11.1. The second-order valence-electron chi connectivity index (χ2n) is 2.15. The Kier molecular flexibility index (Phi) is 3.33. The van der Waals surface area contributed by atoms with Gasteiger partial charge in [0.2, 0.25) is 0 Å². The minimum Gasteiger partial charge on any atom is -0.481 e. The van der Waals surface area contributed by atoms with Gasteiger partial charge in [0, 0.05) is 12.3 Å². The molecule has 0 radical (unpaired) electrons. The summed E-state index contributed by atoms with van der Waals surface area (Å²) in [6, 6.07) is 3.29. The molecule has 0 aromatic carbocycles. The lowest BCUT2D eigenvalue weighted by Gasteiger charge is -2.00. The summed E-state index contributed by atoms with van der Waals surface area (Å²) in [7, 11) is 0. The molecule has 0 spiro atoms. The van der Waals surface area contributed by atoms with E-state index in [4.69, 9.17) is 16.4 Å². The summed E-state index contributed by atoms with van der Waals surface area (Å²) in [6.45, 7) is 0.208. The van der Waals surface area contributed by atoms with Gasteiger partial charge in [-0.1, -0.05) is 11.1 Å².